The number of nitrogens with two attached hydrogens (primary N) is 1. The number of aromatic hydroxyl groups is 1. The van der Waals surface area contributed by atoms with Crippen molar-refractivity contribution < 1.29 is 14.6 Å². The molecule has 0 radical (unpaired) electrons. The Balaban J connectivity index is 0.000000711. The number of hydrogen-bond donors (Lipinski definition) is 3. The monoisotopic (exact) mass is 516 g/mol. The molecule has 1 atom stereocenters. The van der Waals surface area contributed by atoms with Crippen LogP contribution in [0.4, 0.5) is 0 Å². The highest BCUT2D eigenvalue weighted by molar-refractivity contribution is 7.79. The molecule has 0 saturated heterocycles. The number of phenols is 1. The van der Waals surface area contributed by atoms with Crippen LogP contribution in [0, 0.1) is 6.92 Å². The summed E-state index contributed by atoms with van der Waals surface area (Å²) in [6.07, 6.45) is 7.86. The molecule has 6 heteroatoms. The largest absolute Gasteiger partial charge is 0.508 e. The van der Waals surface area contributed by atoms with Crippen LogP contribution in [0.3, 0.4) is 0 Å². The Morgan fingerprint density at radius 1 is 0.919 bits per heavy atom. The van der Waals surface area contributed by atoms with Crippen LogP contribution >= 0.6 is 12.6 Å². The lowest BCUT2D eigenvalue weighted by Crippen LogP contribution is -2.27. The van der Waals surface area contributed by atoms with Gasteiger partial charge in [-0.1, -0.05) is 60.2 Å². The lowest BCUT2D eigenvalue weighted by Gasteiger charge is -2.32. The van der Waals surface area contributed by atoms with Gasteiger partial charge in [-0.15, -0.1) is 0 Å². The maximum atomic E-state index is 10.2. The minimum absolute atomic E-state index is 0.170. The molecular weight excluding hydrogens is 480 g/mol. The smallest absolute Gasteiger partial charge is 0.135 e. The average molecular weight is 517 g/mol. The van der Waals surface area contributed by atoms with Gasteiger partial charge in [0, 0.05) is 25.9 Å². The van der Waals surface area contributed by atoms with E-state index in [1.165, 1.54) is 11.1 Å². The van der Waals surface area contributed by atoms with Crippen molar-refractivity contribution in [2.24, 2.45) is 10.7 Å². The van der Waals surface area contributed by atoms with Crippen LogP contribution in [0.15, 0.2) is 95.0 Å². The normalized spacial score (nSPS) is 17.6. The molecule has 194 valence electrons. The van der Waals surface area contributed by atoms with Crippen molar-refractivity contribution in [3.05, 3.63) is 107 Å². The van der Waals surface area contributed by atoms with E-state index in [2.05, 4.69) is 72.8 Å². The molecule has 0 bridgehead atoms. The second-order valence-corrected chi connectivity index (χ2v) is 8.82. The van der Waals surface area contributed by atoms with Crippen LogP contribution in [0.25, 0.3) is 11.1 Å². The van der Waals surface area contributed by atoms with E-state index in [4.69, 9.17) is 15.5 Å². The first kappa shape index (κ1) is 28.1. The van der Waals surface area contributed by atoms with Crippen molar-refractivity contribution in [2.75, 3.05) is 27.6 Å². The first-order chi connectivity index (χ1) is 17.9. The van der Waals surface area contributed by atoms with Gasteiger partial charge < -0.3 is 20.3 Å². The second kappa shape index (κ2) is 12.7. The van der Waals surface area contributed by atoms with Gasteiger partial charge in [-0.3, -0.25) is 0 Å². The van der Waals surface area contributed by atoms with E-state index < -0.39 is 5.54 Å². The minimum Gasteiger partial charge on any atom is -0.508 e. The Bertz CT molecular complexity index is 1330. The van der Waals surface area contributed by atoms with Crippen LogP contribution in [0.2, 0.25) is 0 Å². The number of rotatable bonds is 4. The molecule has 0 aromatic heterocycles. The Morgan fingerprint density at radius 3 is 2.27 bits per heavy atom. The van der Waals surface area contributed by atoms with E-state index in [1.54, 1.807) is 39.7 Å². The van der Waals surface area contributed by atoms with E-state index in [9.17, 15) is 5.11 Å². The van der Waals surface area contributed by atoms with Crippen molar-refractivity contribution in [1.82, 2.24) is 0 Å². The van der Waals surface area contributed by atoms with Crippen molar-refractivity contribution in [2.45, 2.75) is 25.3 Å². The van der Waals surface area contributed by atoms with Crippen molar-refractivity contribution >= 4 is 18.5 Å². The molecule has 3 aromatic carbocycles. The van der Waals surface area contributed by atoms with Crippen molar-refractivity contribution in [1.29, 1.82) is 0 Å². The van der Waals surface area contributed by atoms with Crippen LogP contribution in [-0.2, 0) is 10.3 Å². The topological polar surface area (TPSA) is 77.1 Å². The molecule has 2 aliphatic rings. The zero-order valence-electron chi connectivity index (χ0n) is 22.2. The molecule has 1 unspecified atom stereocenters. The van der Waals surface area contributed by atoms with Gasteiger partial charge in [0.05, 0.1) is 7.11 Å². The molecule has 5 rings (SSSR count). The molecule has 0 fully saturated rings. The number of hydrogen-bond acceptors (Lipinski definition) is 6. The summed E-state index contributed by atoms with van der Waals surface area (Å²) in [5.41, 5.74) is 13.3. The third kappa shape index (κ3) is 5.76. The lowest BCUT2D eigenvalue weighted by atomic mass is 9.73. The third-order valence-electron chi connectivity index (χ3n) is 6.35. The van der Waals surface area contributed by atoms with Crippen LogP contribution < -0.4 is 10.5 Å². The summed E-state index contributed by atoms with van der Waals surface area (Å²) >= 11 is 3.53. The lowest BCUT2D eigenvalue weighted by molar-refractivity contribution is 0.277. The zero-order valence-corrected chi connectivity index (χ0v) is 23.0. The summed E-state index contributed by atoms with van der Waals surface area (Å²) in [4.78, 5) is 5.13. The van der Waals surface area contributed by atoms with Gasteiger partial charge in [-0.25, -0.2) is 4.99 Å². The molecule has 0 amide bonds. The third-order valence-corrected chi connectivity index (χ3v) is 6.35. The SMILES string of the molecule is COC.COc1cc(O)cc(-c2cccc(C3(c4cccc(C)c4)N=C(N)C4=C3CCC=C4)c2)c1.CS. The molecule has 0 saturated carbocycles. The van der Waals surface area contributed by atoms with Crippen molar-refractivity contribution in [3.63, 3.8) is 0 Å². The Morgan fingerprint density at radius 2 is 1.59 bits per heavy atom. The number of methoxy groups -OCH3 is 2. The molecule has 1 heterocycles. The average Bonchev–Trinajstić information content (AvgIpc) is 3.23. The minimum atomic E-state index is -0.660. The molecule has 1 aliphatic heterocycles. The number of amidine groups is 1. The molecule has 37 heavy (non-hydrogen) atoms. The number of thiol groups is 1. The summed E-state index contributed by atoms with van der Waals surface area (Å²) in [7, 11) is 4.85. The fourth-order valence-electron chi connectivity index (χ4n) is 4.89. The van der Waals surface area contributed by atoms with Gasteiger partial charge in [-0.05, 0) is 72.0 Å². The standard InChI is InChI=1S/C28H26N2O2.C2H6O.CH4S/c1-18-7-5-9-21(13-18)28(26-12-4-3-11-25(26)27(29)30-28)22-10-6-8-19(14-22)20-15-23(31)17-24(16-20)32-2;1-3-2;1-2/h3,5-11,13-17,31H,4,12H2,1-2H3,(H2,29,30);1-2H3;2H,1H3. The quantitative estimate of drug-likeness (QED) is 0.349. The van der Waals surface area contributed by atoms with Gasteiger partial charge in [0.2, 0.25) is 0 Å². The van der Waals surface area contributed by atoms with E-state index in [-0.39, 0.29) is 5.75 Å². The summed E-state index contributed by atoms with van der Waals surface area (Å²) in [6, 6.07) is 22.2. The number of benzene rings is 3. The van der Waals surface area contributed by atoms with Gasteiger partial charge in [0.25, 0.3) is 0 Å². The zero-order chi connectivity index (χ0) is 27.0. The molecule has 1 aliphatic carbocycles. The number of ether oxygens (including phenoxy) is 2. The highest BCUT2D eigenvalue weighted by Crippen LogP contribution is 2.49. The number of phenolic OH excluding ortho intramolecular Hbond substituents is 1. The number of aliphatic imine (C=N–C) groups is 1. The Hall–Kier alpha value is -3.48. The summed E-state index contributed by atoms with van der Waals surface area (Å²) in [5, 5.41) is 10.2. The highest BCUT2D eigenvalue weighted by atomic mass is 32.1. The number of aryl methyl sites for hydroxylation is 1. The molecule has 0 spiro atoms. The second-order valence-electron chi connectivity index (χ2n) is 8.82. The predicted molar refractivity (Wildman–Crippen MR) is 157 cm³/mol. The first-order valence-corrected chi connectivity index (χ1v) is 13.0. The van der Waals surface area contributed by atoms with Gasteiger partial charge >= 0.3 is 0 Å². The highest BCUT2D eigenvalue weighted by Gasteiger charge is 2.44. The molecular formula is C31H36N2O3S. The molecule has 5 nitrogen and oxygen atoms in total. The summed E-state index contributed by atoms with van der Waals surface area (Å²) in [6.45, 7) is 2.10. The maximum Gasteiger partial charge on any atom is 0.135 e. The van der Waals surface area contributed by atoms with E-state index in [0.29, 0.717) is 11.6 Å². The van der Waals surface area contributed by atoms with E-state index in [1.807, 2.05) is 18.2 Å². The molecule has 3 aromatic rings. The van der Waals surface area contributed by atoms with E-state index in [0.717, 1.165) is 40.7 Å². The predicted octanol–water partition coefficient (Wildman–Crippen LogP) is 6.45. The van der Waals surface area contributed by atoms with Gasteiger partial charge in [0.15, 0.2) is 0 Å². The fraction of sp³-hybridized carbons (Fsp3) is 0.258. The van der Waals surface area contributed by atoms with Gasteiger partial charge in [-0.2, -0.15) is 12.6 Å². The Kier molecular flexibility index (Phi) is 9.61. The summed E-state index contributed by atoms with van der Waals surface area (Å²) < 4.78 is 9.61. The van der Waals surface area contributed by atoms with E-state index >= 15 is 0 Å². The van der Waals surface area contributed by atoms with Crippen LogP contribution in [0.5, 0.6) is 11.5 Å². The van der Waals surface area contributed by atoms with Gasteiger partial charge in [0.1, 0.15) is 22.9 Å². The Labute approximate surface area is 225 Å². The van der Waals surface area contributed by atoms with Crippen LogP contribution in [-0.4, -0.2) is 38.5 Å². The summed E-state index contributed by atoms with van der Waals surface area (Å²) in [5.74, 6) is 1.37. The molecule has 3 N–H and O–H groups in total. The fourth-order valence-corrected chi connectivity index (χ4v) is 4.89. The number of nitrogens with zero attached hydrogens (tertiary/aromatic N) is 1. The maximum absolute atomic E-state index is 10.2. The number of allylic oxidation sites excluding steroid dienone is 1. The van der Waals surface area contributed by atoms with Crippen molar-refractivity contribution in [3.8, 4) is 22.6 Å². The first-order valence-electron chi connectivity index (χ1n) is 12.1. The van der Waals surface area contributed by atoms with Crippen LogP contribution in [0.1, 0.15) is 29.5 Å².